The van der Waals surface area contributed by atoms with Gasteiger partial charge in [0, 0.05) is 10.9 Å². The number of benzene rings is 1. The monoisotopic (exact) mass is 377 g/mol. The second-order valence-corrected chi connectivity index (χ2v) is 20.6. The molecule has 0 bridgehead atoms. The summed E-state index contributed by atoms with van der Waals surface area (Å²) in [4.78, 5) is 15.1. The largest absolute Gasteiger partial charge is 0.346 e. The van der Waals surface area contributed by atoms with Crippen LogP contribution in [0, 0.1) is 0 Å². The van der Waals surface area contributed by atoms with E-state index in [2.05, 4.69) is 44.2 Å². The third-order valence-electron chi connectivity index (χ3n) is 5.16. The van der Waals surface area contributed by atoms with E-state index in [0.717, 1.165) is 5.56 Å². The lowest BCUT2D eigenvalue weighted by Crippen LogP contribution is -2.66. The third-order valence-corrected chi connectivity index (χ3v) is 14.2. The van der Waals surface area contributed by atoms with Crippen LogP contribution in [0.3, 0.4) is 0 Å². The molecule has 25 heavy (non-hydrogen) atoms. The van der Waals surface area contributed by atoms with E-state index in [1.807, 2.05) is 30.3 Å². The van der Waals surface area contributed by atoms with Gasteiger partial charge in [-0.05, 0) is 0 Å². The van der Waals surface area contributed by atoms with Gasteiger partial charge in [0.2, 0.25) is 5.91 Å². The molecule has 1 amide bonds. The van der Waals surface area contributed by atoms with Gasteiger partial charge in [-0.2, -0.15) is 0 Å². The van der Waals surface area contributed by atoms with Crippen molar-refractivity contribution in [2.24, 2.45) is 0 Å². The molecule has 2 fully saturated rings. The Morgan fingerprint density at radius 2 is 1.64 bits per heavy atom. The smallest absolute Gasteiger partial charge is 0.225 e. The number of hydrogen-bond acceptors (Lipinski definition) is 3. The van der Waals surface area contributed by atoms with Crippen molar-refractivity contribution >= 4 is 22.1 Å². The average molecular weight is 378 g/mol. The zero-order chi connectivity index (χ0) is 18.4. The van der Waals surface area contributed by atoms with Gasteiger partial charge in [-0.25, -0.2) is 0 Å². The molecule has 3 rings (SSSR count). The Morgan fingerprint density at radius 1 is 1.04 bits per heavy atom. The highest BCUT2D eigenvalue weighted by Crippen LogP contribution is 2.38. The normalized spacial score (nSPS) is 27.7. The molecule has 2 aliphatic heterocycles. The first-order valence-corrected chi connectivity index (χ1v) is 16.4. The van der Waals surface area contributed by atoms with E-state index in [-0.39, 0.29) is 24.3 Å². The number of amides is 1. The Labute approximate surface area is 153 Å². The fourth-order valence-electron chi connectivity index (χ4n) is 4.74. The summed E-state index contributed by atoms with van der Waals surface area (Å²) in [6.07, 6.45) is 0.0806. The van der Waals surface area contributed by atoms with Crippen molar-refractivity contribution in [3.8, 4) is 0 Å². The predicted octanol–water partition coefficient (Wildman–Crippen LogP) is 3.82. The molecule has 1 aromatic carbocycles. The second kappa shape index (κ2) is 6.65. The zero-order valence-electron chi connectivity index (χ0n) is 16.3. The molecular weight excluding hydrogens is 346 g/mol. The highest BCUT2D eigenvalue weighted by atomic mass is 28.4. The Balaban J connectivity index is 1.83. The van der Waals surface area contributed by atoms with Crippen LogP contribution in [0.2, 0.25) is 39.3 Å². The minimum atomic E-state index is -1.53. The number of hydrogen-bond donors (Lipinski definition) is 0. The van der Waals surface area contributed by atoms with Gasteiger partial charge in [-0.15, -0.1) is 0 Å². The average Bonchev–Trinajstić information content (AvgIpc) is 2.81. The summed E-state index contributed by atoms with van der Waals surface area (Å²) in [6, 6.07) is 10.1. The molecule has 1 aromatic rings. The molecule has 6 heteroatoms. The van der Waals surface area contributed by atoms with Gasteiger partial charge in [0.25, 0.3) is 0 Å². The molecule has 2 aliphatic rings. The van der Waals surface area contributed by atoms with Crippen molar-refractivity contribution in [1.29, 1.82) is 0 Å². The van der Waals surface area contributed by atoms with Crippen LogP contribution >= 0.6 is 0 Å². The SMILES string of the molecule is C[Si](C)(C)C(N1C(=O)C[C@@H]2O[C@@H](c3ccccc3)OC[C@@H]21)[Si](C)(C)C. The summed E-state index contributed by atoms with van der Waals surface area (Å²) in [5, 5.41) is 0.406. The molecule has 0 aromatic heterocycles. The van der Waals surface area contributed by atoms with E-state index >= 15 is 0 Å². The van der Waals surface area contributed by atoms with E-state index < -0.39 is 16.1 Å². The van der Waals surface area contributed by atoms with Crippen molar-refractivity contribution in [3.63, 3.8) is 0 Å². The number of ether oxygens (including phenoxy) is 2. The van der Waals surface area contributed by atoms with Gasteiger partial charge in [-0.3, -0.25) is 4.79 Å². The molecule has 138 valence electrons. The third kappa shape index (κ3) is 3.77. The highest BCUT2D eigenvalue weighted by molar-refractivity contribution is 6.96. The molecule has 0 spiro atoms. The van der Waals surface area contributed by atoms with Crippen molar-refractivity contribution in [2.75, 3.05) is 6.61 Å². The first-order valence-electron chi connectivity index (χ1n) is 9.22. The number of likely N-dealkylation sites (tertiary alicyclic amines) is 1. The molecule has 3 atom stereocenters. The Morgan fingerprint density at radius 3 is 2.20 bits per heavy atom. The Bertz CT molecular complexity index is 610. The summed E-state index contributed by atoms with van der Waals surface area (Å²) >= 11 is 0. The van der Waals surface area contributed by atoms with Gasteiger partial charge < -0.3 is 14.4 Å². The zero-order valence-corrected chi connectivity index (χ0v) is 18.3. The molecule has 0 radical (unpaired) electrons. The maximum atomic E-state index is 13.0. The van der Waals surface area contributed by atoms with Gasteiger partial charge in [0.15, 0.2) is 6.29 Å². The Kier molecular flexibility index (Phi) is 5.00. The van der Waals surface area contributed by atoms with Gasteiger partial charge in [-0.1, -0.05) is 69.6 Å². The summed E-state index contributed by atoms with van der Waals surface area (Å²) in [5.41, 5.74) is 1.03. The Hall–Kier alpha value is -0.956. The van der Waals surface area contributed by atoms with E-state index in [9.17, 15) is 4.79 Å². The second-order valence-electron chi connectivity index (χ2n) is 9.46. The minimum Gasteiger partial charge on any atom is -0.346 e. The van der Waals surface area contributed by atoms with Gasteiger partial charge in [0.1, 0.15) is 0 Å². The quantitative estimate of drug-likeness (QED) is 0.749. The van der Waals surface area contributed by atoms with Crippen molar-refractivity contribution in [3.05, 3.63) is 35.9 Å². The lowest BCUT2D eigenvalue weighted by molar-refractivity contribution is -0.229. The van der Waals surface area contributed by atoms with Crippen LogP contribution in [0.1, 0.15) is 18.3 Å². The fourth-order valence-corrected chi connectivity index (χ4v) is 17.5. The van der Waals surface area contributed by atoms with Crippen LogP contribution in [-0.4, -0.2) is 51.0 Å². The maximum absolute atomic E-state index is 13.0. The summed E-state index contributed by atoms with van der Waals surface area (Å²) in [6.45, 7) is 14.9. The maximum Gasteiger partial charge on any atom is 0.225 e. The first-order chi connectivity index (χ1) is 11.6. The number of fused-ring (bicyclic) bond motifs is 1. The van der Waals surface area contributed by atoms with Crippen LogP contribution in [0.4, 0.5) is 0 Å². The van der Waals surface area contributed by atoms with Crippen LogP contribution in [-0.2, 0) is 14.3 Å². The minimum absolute atomic E-state index is 0.0540. The predicted molar refractivity (Wildman–Crippen MR) is 106 cm³/mol. The van der Waals surface area contributed by atoms with Crippen LogP contribution < -0.4 is 0 Å². The molecular formula is C19H31NO3Si2. The first kappa shape index (κ1) is 18.8. The fraction of sp³-hybridized carbons (Fsp3) is 0.632. The van der Waals surface area contributed by atoms with E-state index in [1.54, 1.807) is 0 Å². The lowest BCUT2D eigenvalue weighted by Gasteiger charge is -2.48. The lowest BCUT2D eigenvalue weighted by atomic mass is 10.1. The van der Waals surface area contributed by atoms with Crippen molar-refractivity contribution in [1.82, 2.24) is 4.90 Å². The number of carbonyl (C=O) groups is 1. The molecule has 2 saturated heterocycles. The number of nitrogens with zero attached hydrogens (tertiary/aromatic N) is 1. The van der Waals surface area contributed by atoms with E-state index in [0.29, 0.717) is 18.3 Å². The van der Waals surface area contributed by atoms with Gasteiger partial charge in [0.05, 0.1) is 41.3 Å². The summed E-state index contributed by atoms with van der Waals surface area (Å²) in [5.74, 6) is 0.252. The molecule has 0 unspecified atom stereocenters. The molecule has 0 saturated carbocycles. The highest BCUT2D eigenvalue weighted by Gasteiger charge is 2.53. The summed E-state index contributed by atoms with van der Waals surface area (Å²) < 4.78 is 12.3. The van der Waals surface area contributed by atoms with Crippen molar-refractivity contribution < 1.29 is 14.3 Å². The molecule has 4 nitrogen and oxygen atoms in total. The standard InChI is InChI=1S/C19H31NO3Si2/c1-24(2,3)19(25(4,5)6)20-15-13-22-18(14-10-8-7-9-11-14)23-16(15)12-17(20)21/h7-11,15-16,18-19H,12-13H2,1-6H3/t15-,16-,18-/m0/s1. The van der Waals surface area contributed by atoms with E-state index in [1.165, 1.54) is 0 Å². The summed E-state index contributed by atoms with van der Waals surface area (Å²) in [7, 11) is -3.06. The topological polar surface area (TPSA) is 38.8 Å². The van der Waals surface area contributed by atoms with Crippen molar-refractivity contribution in [2.45, 2.75) is 69.4 Å². The van der Waals surface area contributed by atoms with Crippen LogP contribution in [0.25, 0.3) is 0 Å². The molecule has 2 heterocycles. The molecule has 0 N–H and O–H groups in total. The van der Waals surface area contributed by atoms with Crippen LogP contribution in [0.5, 0.6) is 0 Å². The number of rotatable bonds is 4. The van der Waals surface area contributed by atoms with E-state index in [4.69, 9.17) is 9.47 Å². The van der Waals surface area contributed by atoms with Crippen LogP contribution in [0.15, 0.2) is 30.3 Å². The molecule has 0 aliphatic carbocycles. The number of carbonyl (C=O) groups excluding carboxylic acids is 1. The van der Waals surface area contributed by atoms with Gasteiger partial charge >= 0.3 is 0 Å².